The average molecular weight is 552 g/mol. The van der Waals surface area contributed by atoms with Crippen molar-refractivity contribution in [2.24, 2.45) is 0 Å². The van der Waals surface area contributed by atoms with E-state index < -0.39 is 28.5 Å². The van der Waals surface area contributed by atoms with E-state index in [0.29, 0.717) is 16.9 Å². The van der Waals surface area contributed by atoms with Gasteiger partial charge in [0.2, 0.25) is 21.8 Å². The normalized spacial score (nSPS) is 11.8. The smallest absolute Gasteiger partial charge is 0.244 e. The highest BCUT2D eigenvalue weighted by Gasteiger charge is 2.32. The second-order valence-corrected chi connectivity index (χ2v) is 11.0. The quantitative estimate of drug-likeness (QED) is 0.346. The molecule has 2 amide bonds. The standard InChI is InChI=1S/C29H33N3O6S/c1-21(33)24-13-9-14-25(18-24)32(39(4,36)37)20-28(34)31(19-23-12-8-15-26(16-23)38-3)27(29(35)30-2)17-22-10-6-5-7-11-22/h5-16,18,27H,17,19-20H2,1-4H3,(H,30,35). The number of nitrogens with zero attached hydrogens (tertiary/aromatic N) is 2. The number of sulfonamides is 1. The van der Waals surface area contributed by atoms with Crippen molar-refractivity contribution in [3.63, 3.8) is 0 Å². The van der Waals surface area contributed by atoms with Gasteiger partial charge in [0.25, 0.3) is 0 Å². The molecule has 0 fully saturated rings. The van der Waals surface area contributed by atoms with Gasteiger partial charge in [-0.1, -0.05) is 54.6 Å². The number of anilines is 1. The van der Waals surface area contributed by atoms with Crippen LogP contribution in [0.25, 0.3) is 0 Å². The van der Waals surface area contributed by atoms with Gasteiger partial charge in [-0.05, 0) is 42.3 Å². The van der Waals surface area contributed by atoms with Crippen molar-refractivity contribution in [3.8, 4) is 5.75 Å². The number of methoxy groups -OCH3 is 1. The Morgan fingerprint density at radius 3 is 2.21 bits per heavy atom. The fourth-order valence-electron chi connectivity index (χ4n) is 4.18. The van der Waals surface area contributed by atoms with E-state index in [0.717, 1.165) is 16.1 Å². The lowest BCUT2D eigenvalue weighted by atomic mass is 10.0. The Morgan fingerprint density at radius 1 is 0.923 bits per heavy atom. The summed E-state index contributed by atoms with van der Waals surface area (Å²) in [6.45, 7) is 0.848. The first kappa shape index (κ1) is 29.4. The summed E-state index contributed by atoms with van der Waals surface area (Å²) in [5, 5.41) is 2.64. The van der Waals surface area contributed by atoms with E-state index >= 15 is 0 Å². The molecule has 206 valence electrons. The van der Waals surface area contributed by atoms with Gasteiger partial charge in [-0.25, -0.2) is 8.42 Å². The summed E-state index contributed by atoms with van der Waals surface area (Å²) in [4.78, 5) is 40.4. The lowest BCUT2D eigenvalue weighted by Gasteiger charge is -2.33. The van der Waals surface area contributed by atoms with E-state index in [1.165, 1.54) is 38.1 Å². The molecule has 9 nitrogen and oxygen atoms in total. The van der Waals surface area contributed by atoms with E-state index in [2.05, 4.69) is 5.32 Å². The van der Waals surface area contributed by atoms with Gasteiger partial charge < -0.3 is 15.0 Å². The molecule has 0 aliphatic rings. The molecule has 0 saturated heterocycles. The van der Waals surface area contributed by atoms with Crippen molar-refractivity contribution in [3.05, 3.63) is 95.6 Å². The van der Waals surface area contributed by atoms with Crippen LogP contribution in [0.5, 0.6) is 5.75 Å². The molecule has 0 aromatic heterocycles. The number of hydrogen-bond acceptors (Lipinski definition) is 6. The summed E-state index contributed by atoms with van der Waals surface area (Å²) >= 11 is 0. The Kier molecular flexibility index (Phi) is 9.84. The fourth-order valence-corrected chi connectivity index (χ4v) is 5.02. The molecule has 39 heavy (non-hydrogen) atoms. The van der Waals surface area contributed by atoms with Crippen LogP contribution in [0, 0.1) is 0 Å². The molecule has 0 radical (unpaired) electrons. The SMILES string of the molecule is CNC(=O)C(Cc1ccccc1)N(Cc1cccc(OC)c1)C(=O)CN(c1cccc(C(C)=O)c1)S(C)(=O)=O. The zero-order valence-electron chi connectivity index (χ0n) is 22.5. The number of carbonyl (C=O) groups excluding carboxylic acids is 3. The van der Waals surface area contributed by atoms with E-state index in [-0.39, 0.29) is 30.3 Å². The highest BCUT2D eigenvalue weighted by atomic mass is 32.2. The highest BCUT2D eigenvalue weighted by Crippen LogP contribution is 2.22. The molecule has 0 spiro atoms. The predicted molar refractivity (Wildman–Crippen MR) is 150 cm³/mol. The van der Waals surface area contributed by atoms with Crippen LogP contribution in [0.15, 0.2) is 78.9 Å². The number of ketones is 1. The van der Waals surface area contributed by atoms with Gasteiger partial charge in [0.1, 0.15) is 18.3 Å². The number of benzene rings is 3. The van der Waals surface area contributed by atoms with Crippen molar-refractivity contribution in [2.75, 3.05) is 31.3 Å². The van der Waals surface area contributed by atoms with Crippen LogP contribution in [-0.2, 0) is 32.6 Å². The Hall–Kier alpha value is -4.18. The molecule has 1 atom stereocenters. The molecule has 3 aromatic carbocycles. The van der Waals surface area contributed by atoms with Gasteiger partial charge in [0, 0.05) is 25.6 Å². The molecular weight excluding hydrogens is 518 g/mol. The second-order valence-electron chi connectivity index (χ2n) is 9.07. The van der Waals surface area contributed by atoms with Gasteiger partial charge in [-0.15, -0.1) is 0 Å². The van der Waals surface area contributed by atoms with E-state index in [4.69, 9.17) is 4.74 Å². The second kappa shape index (κ2) is 13.1. The van der Waals surface area contributed by atoms with E-state index in [9.17, 15) is 22.8 Å². The minimum absolute atomic E-state index is 0.0338. The van der Waals surface area contributed by atoms with Crippen LogP contribution in [-0.4, -0.2) is 63.9 Å². The predicted octanol–water partition coefficient (Wildman–Crippen LogP) is 3.05. The maximum atomic E-state index is 13.9. The molecule has 1 N–H and O–H groups in total. The average Bonchev–Trinajstić information content (AvgIpc) is 2.93. The van der Waals surface area contributed by atoms with Crippen LogP contribution < -0.4 is 14.4 Å². The molecule has 0 heterocycles. The van der Waals surface area contributed by atoms with Gasteiger partial charge in [-0.3, -0.25) is 18.7 Å². The van der Waals surface area contributed by atoms with Gasteiger partial charge in [0.05, 0.1) is 19.1 Å². The molecule has 1 unspecified atom stereocenters. The maximum Gasteiger partial charge on any atom is 0.244 e. The first-order valence-electron chi connectivity index (χ1n) is 12.3. The Labute approximate surface area is 229 Å². The summed E-state index contributed by atoms with van der Waals surface area (Å²) in [5.74, 6) is -0.627. The molecule has 0 aliphatic heterocycles. The Bertz CT molecular complexity index is 1430. The molecular formula is C29H33N3O6S. The first-order valence-corrected chi connectivity index (χ1v) is 14.1. The molecule has 3 aromatic rings. The van der Waals surface area contributed by atoms with Gasteiger partial charge >= 0.3 is 0 Å². The minimum atomic E-state index is -3.93. The fraction of sp³-hybridized carbons (Fsp3) is 0.276. The number of amides is 2. The summed E-state index contributed by atoms with van der Waals surface area (Å²) < 4.78 is 31.9. The molecule has 10 heteroatoms. The van der Waals surface area contributed by atoms with Crippen LogP contribution in [0.2, 0.25) is 0 Å². The zero-order valence-corrected chi connectivity index (χ0v) is 23.3. The lowest BCUT2D eigenvalue weighted by Crippen LogP contribution is -2.52. The topological polar surface area (TPSA) is 113 Å². The molecule has 0 saturated carbocycles. The molecule has 0 bridgehead atoms. The minimum Gasteiger partial charge on any atom is -0.497 e. The monoisotopic (exact) mass is 551 g/mol. The van der Waals surface area contributed by atoms with Gasteiger partial charge in [-0.2, -0.15) is 0 Å². The van der Waals surface area contributed by atoms with Crippen molar-refractivity contribution < 1.29 is 27.5 Å². The van der Waals surface area contributed by atoms with Crippen LogP contribution in [0.1, 0.15) is 28.4 Å². The Balaban J connectivity index is 2.05. The number of Topliss-reactive ketones (excluding diaryl/α,β-unsaturated/α-hetero) is 1. The first-order chi connectivity index (χ1) is 18.5. The number of rotatable bonds is 12. The summed E-state index contributed by atoms with van der Waals surface area (Å²) in [7, 11) is -0.907. The third-order valence-corrected chi connectivity index (χ3v) is 7.37. The van der Waals surface area contributed by atoms with E-state index in [1.807, 2.05) is 30.3 Å². The van der Waals surface area contributed by atoms with E-state index in [1.54, 1.807) is 36.4 Å². The number of carbonyl (C=O) groups is 3. The highest BCUT2D eigenvalue weighted by molar-refractivity contribution is 7.92. The van der Waals surface area contributed by atoms with Crippen LogP contribution in [0.4, 0.5) is 5.69 Å². The maximum absolute atomic E-state index is 13.9. The summed E-state index contributed by atoms with van der Waals surface area (Å²) in [6, 6.07) is 21.5. The molecule has 0 aliphatic carbocycles. The van der Waals surface area contributed by atoms with Gasteiger partial charge in [0.15, 0.2) is 5.78 Å². The number of likely N-dealkylation sites (N-methyl/N-ethyl adjacent to an activating group) is 1. The summed E-state index contributed by atoms with van der Waals surface area (Å²) in [5.41, 5.74) is 2.03. The number of ether oxygens (including phenoxy) is 1. The third kappa shape index (κ3) is 7.90. The zero-order chi connectivity index (χ0) is 28.6. The largest absolute Gasteiger partial charge is 0.497 e. The molecule has 3 rings (SSSR count). The Morgan fingerprint density at radius 2 is 1.59 bits per heavy atom. The lowest BCUT2D eigenvalue weighted by molar-refractivity contribution is -0.139. The van der Waals surface area contributed by atoms with Crippen LogP contribution >= 0.6 is 0 Å². The summed E-state index contributed by atoms with van der Waals surface area (Å²) in [6.07, 6.45) is 1.21. The number of nitrogens with one attached hydrogen (secondary N) is 1. The van der Waals surface area contributed by atoms with Crippen molar-refractivity contribution in [1.29, 1.82) is 0 Å². The van der Waals surface area contributed by atoms with Crippen molar-refractivity contribution >= 4 is 33.3 Å². The van der Waals surface area contributed by atoms with Crippen molar-refractivity contribution in [1.82, 2.24) is 10.2 Å². The number of hydrogen-bond donors (Lipinski definition) is 1. The third-order valence-electron chi connectivity index (χ3n) is 6.22. The van der Waals surface area contributed by atoms with Crippen LogP contribution in [0.3, 0.4) is 0 Å². The van der Waals surface area contributed by atoms with Crippen molar-refractivity contribution in [2.45, 2.75) is 25.9 Å².